The molecule has 0 saturated heterocycles. The predicted molar refractivity (Wildman–Crippen MR) is 103 cm³/mol. The van der Waals surface area contributed by atoms with Crippen LogP contribution in [0.25, 0.3) is 0 Å². The van der Waals surface area contributed by atoms with Gasteiger partial charge in [0.15, 0.2) is 5.96 Å². The van der Waals surface area contributed by atoms with Gasteiger partial charge in [0.1, 0.15) is 5.82 Å². The summed E-state index contributed by atoms with van der Waals surface area (Å²) in [7, 11) is 5.88. The van der Waals surface area contributed by atoms with E-state index in [9.17, 15) is 4.39 Å². The fourth-order valence-electron chi connectivity index (χ4n) is 1.66. The summed E-state index contributed by atoms with van der Waals surface area (Å²) in [5, 5.41) is 6.59. The first-order chi connectivity index (χ1) is 9.85. The average Bonchev–Trinajstić information content (AvgIpc) is 2.44. The second-order valence-corrected chi connectivity index (χ2v) is 5.94. The molecule has 0 aromatic heterocycles. The largest absolute Gasteiger partial charge is 0.356 e. The number of rotatable bonds is 6. The van der Waals surface area contributed by atoms with Crippen LogP contribution in [-0.4, -0.2) is 50.6 Å². The van der Waals surface area contributed by atoms with Crippen molar-refractivity contribution in [1.29, 1.82) is 0 Å². The molecule has 22 heavy (non-hydrogen) atoms. The summed E-state index contributed by atoms with van der Waals surface area (Å²) < 4.78 is 12.8. The second-order valence-electron chi connectivity index (χ2n) is 5.94. The third-order valence-electron chi connectivity index (χ3n) is 3.74. The highest BCUT2D eigenvalue weighted by Gasteiger charge is 2.20. The molecule has 0 bridgehead atoms. The lowest BCUT2D eigenvalue weighted by Gasteiger charge is -2.33. The normalized spacial score (nSPS) is 12.0. The summed E-state index contributed by atoms with van der Waals surface area (Å²) in [6.07, 6.45) is 0.831. The van der Waals surface area contributed by atoms with E-state index >= 15 is 0 Å². The van der Waals surface area contributed by atoms with E-state index in [0.29, 0.717) is 0 Å². The zero-order valence-electron chi connectivity index (χ0n) is 14.1. The second kappa shape index (κ2) is 9.99. The minimum absolute atomic E-state index is 0. The van der Waals surface area contributed by atoms with Crippen LogP contribution in [-0.2, 0) is 6.42 Å². The van der Waals surface area contributed by atoms with E-state index in [1.54, 1.807) is 7.05 Å². The molecule has 0 fully saturated rings. The maximum Gasteiger partial charge on any atom is 0.191 e. The number of guanidine groups is 1. The highest BCUT2D eigenvalue weighted by molar-refractivity contribution is 14.0. The molecule has 4 nitrogen and oxygen atoms in total. The van der Waals surface area contributed by atoms with Crippen LogP contribution < -0.4 is 10.6 Å². The lowest BCUT2D eigenvalue weighted by Crippen LogP contribution is -2.51. The Balaban J connectivity index is 0.00000441. The van der Waals surface area contributed by atoms with Crippen molar-refractivity contribution in [2.75, 3.05) is 34.2 Å². The fourth-order valence-corrected chi connectivity index (χ4v) is 1.66. The molecule has 0 spiro atoms. The van der Waals surface area contributed by atoms with Crippen LogP contribution in [0.4, 0.5) is 4.39 Å². The first kappa shape index (κ1) is 21.1. The number of nitrogens with one attached hydrogen (secondary N) is 2. The van der Waals surface area contributed by atoms with Gasteiger partial charge in [-0.25, -0.2) is 4.39 Å². The van der Waals surface area contributed by atoms with E-state index in [1.807, 2.05) is 12.1 Å². The third kappa shape index (κ3) is 7.40. The van der Waals surface area contributed by atoms with Gasteiger partial charge in [-0.1, -0.05) is 12.1 Å². The van der Waals surface area contributed by atoms with E-state index in [-0.39, 0.29) is 35.3 Å². The molecule has 126 valence electrons. The Morgan fingerprint density at radius 3 is 2.27 bits per heavy atom. The Morgan fingerprint density at radius 1 is 1.18 bits per heavy atom. The zero-order valence-corrected chi connectivity index (χ0v) is 16.4. The van der Waals surface area contributed by atoms with Gasteiger partial charge >= 0.3 is 0 Å². The molecule has 1 rings (SSSR count). The molecule has 1 aromatic rings. The van der Waals surface area contributed by atoms with Gasteiger partial charge in [-0.3, -0.25) is 4.99 Å². The summed E-state index contributed by atoms with van der Waals surface area (Å²) in [6.45, 7) is 5.90. The van der Waals surface area contributed by atoms with Gasteiger partial charge in [-0.15, -0.1) is 24.0 Å². The van der Waals surface area contributed by atoms with Gasteiger partial charge in [0.05, 0.1) is 0 Å². The average molecular weight is 422 g/mol. The van der Waals surface area contributed by atoms with Gasteiger partial charge in [0, 0.05) is 25.7 Å². The van der Waals surface area contributed by atoms with Crippen LogP contribution in [0.2, 0.25) is 0 Å². The minimum Gasteiger partial charge on any atom is -0.356 e. The van der Waals surface area contributed by atoms with Gasteiger partial charge in [0.2, 0.25) is 0 Å². The smallest absolute Gasteiger partial charge is 0.191 e. The summed E-state index contributed by atoms with van der Waals surface area (Å²) in [6, 6.07) is 6.59. The van der Waals surface area contributed by atoms with Crippen LogP contribution in [0, 0.1) is 5.82 Å². The Labute approximate surface area is 150 Å². The molecule has 0 heterocycles. The first-order valence-electron chi connectivity index (χ1n) is 7.21. The maximum absolute atomic E-state index is 12.8. The topological polar surface area (TPSA) is 39.7 Å². The number of hydrogen-bond donors (Lipinski definition) is 2. The van der Waals surface area contributed by atoms with Crippen molar-refractivity contribution < 1.29 is 4.39 Å². The molecule has 1 aromatic carbocycles. The van der Waals surface area contributed by atoms with Crippen LogP contribution in [0.1, 0.15) is 19.4 Å². The number of halogens is 2. The van der Waals surface area contributed by atoms with Crippen LogP contribution >= 0.6 is 24.0 Å². The van der Waals surface area contributed by atoms with Gasteiger partial charge < -0.3 is 15.5 Å². The Hall–Kier alpha value is -0.890. The van der Waals surface area contributed by atoms with Crippen molar-refractivity contribution in [2.24, 2.45) is 4.99 Å². The fraction of sp³-hybridized carbons (Fsp3) is 0.562. The standard InChI is InChI=1S/C16H27FN4.HI/c1-16(2,21(4)5)12-20-15(18-3)19-11-10-13-6-8-14(17)9-7-13;/h6-9H,10-12H2,1-5H3,(H2,18,19,20);1H. The number of aliphatic imine (C=N–C) groups is 1. The van der Waals surface area contributed by atoms with Crippen molar-refractivity contribution in [1.82, 2.24) is 15.5 Å². The summed E-state index contributed by atoms with van der Waals surface area (Å²) in [4.78, 5) is 6.38. The highest BCUT2D eigenvalue weighted by Crippen LogP contribution is 2.07. The van der Waals surface area contributed by atoms with E-state index in [2.05, 4.69) is 48.5 Å². The third-order valence-corrected chi connectivity index (χ3v) is 3.74. The lowest BCUT2D eigenvalue weighted by atomic mass is 10.0. The van der Waals surface area contributed by atoms with Gasteiger partial charge in [0.25, 0.3) is 0 Å². The zero-order chi connectivity index (χ0) is 15.9. The molecule has 0 aliphatic carbocycles. The molecular weight excluding hydrogens is 394 g/mol. The molecule has 0 atom stereocenters. The molecule has 0 amide bonds. The summed E-state index contributed by atoms with van der Waals surface area (Å²) >= 11 is 0. The Kier molecular flexibility index (Phi) is 9.59. The van der Waals surface area contributed by atoms with E-state index in [1.165, 1.54) is 12.1 Å². The molecule has 0 aliphatic rings. The number of nitrogens with zero attached hydrogens (tertiary/aromatic N) is 2. The molecule has 0 aliphatic heterocycles. The van der Waals surface area contributed by atoms with Crippen molar-refractivity contribution in [3.05, 3.63) is 35.6 Å². The summed E-state index contributed by atoms with van der Waals surface area (Å²) in [5.41, 5.74) is 1.15. The van der Waals surface area contributed by atoms with E-state index in [4.69, 9.17) is 0 Å². The minimum atomic E-state index is -0.199. The highest BCUT2D eigenvalue weighted by atomic mass is 127. The molecule has 0 radical (unpaired) electrons. The van der Waals surface area contributed by atoms with E-state index < -0.39 is 0 Å². The predicted octanol–water partition coefficient (Wildman–Crippen LogP) is 2.49. The van der Waals surface area contributed by atoms with Gasteiger partial charge in [-0.05, 0) is 52.1 Å². The van der Waals surface area contributed by atoms with Crippen LogP contribution in [0.15, 0.2) is 29.3 Å². The van der Waals surface area contributed by atoms with Crippen LogP contribution in [0.3, 0.4) is 0 Å². The quantitative estimate of drug-likeness (QED) is 0.421. The number of likely N-dealkylation sites (N-methyl/N-ethyl adjacent to an activating group) is 1. The maximum atomic E-state index is 12.8. The van der Waals surface area contributed by atoms with E-state index in [0.717, 1.165) is 31.0 Å². The molecule has 2 N–H and O–H groups in total. The SMILES string of the molecule is CN=C(NCCc1ccc(F)cc1)NCC(C)(C)N(C)C.I. The summed E-state index contributed by atoms with van der Waals surface area (Å²) in [5.74, 6) is 0.585. The van der Waals surface area contributed by atoms with Crippen molar-refractivity contribution in [2.45, 2.75) is 25.8 Å². The monoisotopic (exact) mass is 422 g/mol. The molecule has 6 heteroatoms. The first-order valence-corrected chi connectivity index (χ1v) is 7.21. The molecular formula is C16H28FIN4. The van der Waals surface area contributed by atoms with Crippen molar-refractivity contribution >= 4 is 29.9 Å². The Bertz CT molecular complexity index is 458. The Morgan fingerprint density at radius 2 is 1.77 bits per heavy atom. The van der Waals surface area contributed by atoms with Crippen LogP contribution in [0.5, 0.6) is 0 Å². The van der Waals surface area contributed by atoms with Crippen molar-refractivity contribution in [3.8, 4) is 0 Å². The van der Waals surface area contributed by atoms with Gasteiger partial charge in [-0.2, -0.15) is 0 Å². The lowest BCUT2D eigenvalue weighted by molar-refractivity contribution is 0.197. The number of benzene rings is 1. The van der Waals surface area contributed by atoms with Crippen molar-refractivity contribution in [3.63, 3.8) is 0 Å². The molecule has 0 saturated carbocycles. The molecule has 0 unspecified atom stereocenters. The number of hydrogen-bond acceptors (Lipinski definition) is 2.